The summed E-state index contributed by atoms with van der Waals surface area (Å²) in [6.07, 6.45) is 3.55. The van der Waals surface area contributed by atoms with Gasteiger partial charge in [-0.2, -0.15) is 5.10 Å². The van der Waals surface area contributed by atoms with Gasteiger partial charge < -0.3 is 4.90 Å². The van der Waals surface area contributed by atoms with Crippen LogP contribution in [0.15, 0.2) is 6.07 Å². The molecule has 0 atom stereocenters. The third-order valence-electron chi connectivity index (χ3n) is 4.28. The summed E-state index contributed by atoms with van der Waals surface area (Å²) in [6.45, 7) is 9.10. The maximum Gasteiger partial charge on any atom is 0.228 e. The van der Waals surface area contributed by atoms with E-state index in [0.29, 0.717) is 19.5 Å². The molecule has 1 aromatic rings. The molecule has 1 aromatic heterocycles. The average Bonchev–Trinajstić information content (AvgIpc) is 2.93. The van der Waals surface area contributed by atoms with Crippen LogP contribution >= 0.6 is 0 Å². The molecule has 0 N–H and O–H groups in total. The van der Waals surface area contributed by atoms with Crippen LogP contribution in [0.2, 0.25) is 0 Å². The second-order valence-corrected chi connectivity index (χ2v) is 6.09. The third-order valence-corrected chi connectivity index (χ3v) is 4.28. The van der Waals surface area contributed by atoms with Gasteiger partial charge in [-0.15, -0.1) is 0 Å². The fraction of sp³-hybridized carbons (Fsp3) is 0.706. The van der Waals surface area contributed by atoms with Gasteiger partial charge in [0.15, 0.2) is 0 Å². The fourth-order valence-electron chi connectivity index (χ4n) is 2.97. The predicted octanol–water partition coefficient (Wildman–Crippen LogP) is 2.36. The number of unbranched alkanes of at least 4 members (excludes halogenated alkanes) is 1. The molecule has 0 saturated carbocycles. The highest BCUT2D eigenvalue weighted by molar-refractivity contribution is 5.95. The summed E-state index contributed by atoms with van der Waals surface area (Å²) in [5.41, 5.74) is 0.924. The normalized spacial score (nSPS) is 13.8. The van der Waals surface area contributed by atoms with Crippen LogP contribution in [0.3, 0.4) is 0 Å². The van der Waals surface area contributed by atoms with Crippen molar-refractivity contribution in [3.63, 3.8) is 0 Å². The van der Waals surface area contributed by atoms with E-state index in [4.69, 9.17) is 0 Å². The Morgan fingerprint density at radius 1 is 1.26 bits per heavy atom. The molecule has 0 radical (unpaired) electrons. The quantitative estimate of drug-likeness (QED) is 0.775. The van der Waals surface area contributed by atoms with Crippen molar-refractivity contribution in [2.45, 2.75) is 59.4 Å². The number of rotatable bonds is 7. The Bertz CT molecular complexity index is 553. The van der Waals surface area contributed by atoms with E-state index in [-0.39, 0.29) is 18.2 Å². The summed E-state index contributed by atoms with van der Waals surface area (Å²) in [7, 11) is 0. The second kappa shape index (κ2) is 8.13. The van der Waals surface area contributed by atoms with Gasteiger partial charge in [0.2, 0.25) is 11.8 Å². The maximum absolute atomic E-state index is 12.5. The molecule has 0 unspecified atom stereocenters. The number of aromatic nitrogens is 2. The van der Waals surface area contributed by atoms with Gasteiger partial charge in [0.25, 0.3) is 0 Å². The topological polar surface area (TPSA) is 58.4 Å². The van der Waals surface area contributed by atoms with Crippen LogP contribution in [0.1, 0.15) is 51.6 Å². The van der Waals surface area contributed by atoms with Gasteiger partial charge in [-0.1, -0.05) is 13.3 Å². The molecule has 2 heterocycles. The van der Waals surface area contributed by atoms with Gasteiger partial charge in [0.1, 0.15) is 5.82 Å². The number of anilines is 1. The molecule has 6 nitrogen and oxygen atoms in total. The lowest BCUT2D eigenvalue weighted by molar-refractivity contribution is -0.133. The van der Waals surface area contributed by atoms with Crippen LogP contribution in [-0.4, -0.2) is 46.1 Å². The number of carbonyl (C=O) groups is 2. The summed E-state index contributed by atoms with van der Waals surface area (Å²) in [5, 5.41) is 4.40. The predicted molar refractivity (Wildman–Crippen MR) is 90.3 cm³/mol. The van der Waals surface area contributed by atoms with Crippen LogP contribution in [0.5, 0.6) is 0 Å². The van der Waals surface area contributed by atoms with Gasteiger partial charge in [-0.25, -0.2) is 4.68 Å². The van der Waals surface area contributed by atoms with E-state index in [9.17, 15) is 9.59 Å². The van der Waals surface area contributed by atoms with E-state index in [1.165, 1.54) is 0 Å². The van der Waals surface area contributed by atoms with Crippen LogP contribution < -0.4 is 4.90 Å². The molecule has 0 fully saturated rings. The fourth-order valence-corrected chi connectivity index (χ4v) is 2.97. The minimum absolute atomic E-state index is 0.0192. The zero-order chi connectivity index (χ0) is 16.8. The number of nitrogens with zero attached hydrogens (tertiary/aromatic N) is 4. The van der Waals surface area contributed by atoms with Crippen molar-refractivity contribution in [1.82, 2.24) is 14.7 Å². The Balaban J connectivity index is 1.91. The smallest absolute Gasteiger partial charge is 0.228 e. The Labute approximate surface area is 138 Å². The summed E-state index contributed by atoms with van der Waals surface area (Å²) < 4.78 is 1.89. The number of fused-ring (bicyclic) bond motifs is 1. The van der Waals surface area contributed by atoms with E-state index >= 15 is 0 Å². The first kappa shape index (κ1) is 17.5. The molecule has 0 bridgehead atoms. The number of amides is 2. The molecule has 1 aliphatic heterocycles. The standard InChI is InChI=1S/C17H28N4O2/c1-4-6-10-19(5-2)16(22)8-9-17(23)20-11-7-12-21-15(20)13-14(3)18-21/h13H,4-12H2,1-3H3. The van der Waals surface area contributed by atoms with Crippen molar-refractivity contribution in [3.8, 4) is 0 Å². The van der Waals surface area contributed by atoms with Crippen molar-refractivity contribution in [2.75, 3.05) is 24.5 Å². The van der Waals surface area contributed by atoms with Crippen LogP contribution in [0.25, 0.3) is 0 Å². The molecule has 23 heavy (non-hydrogen) atoms. The van der Waals surface area contributed by atoms with Crippen LogP contribution in [0, 0.1) is 6.92 Å². The molecule has 2 amide bonds. The summed E-state index contributed by atoms with van der Waals surface area (Å²) >= 11 is 0. The van der Waals surface area contributed by atoms with Gasteiger partial charge in [0.05, 0.1) is 5.69 Å². The zero-order valence-corrected chi connectivity index (χ0v) is 14.5. The molecule has 0 spiro atoms. The average molecular weight is 320 g/mol. The van der Waals surface area contributed by atoms with E-state index in [0.717, 1.165) is 43.9 Å². The van der Waals surface area contributed by atoms with Crippen LogP contribution in [0.4, 0.5) is 5.82 Å². The molecule has 0 aliphatic carbocycles. The zero-order valence-electron chi connectivity index (χ0n) is 14.5. The first-order chi connectivity index (χ1) is 11.1. The Hall–Kier alpha value is -1.85. The molecule has 0 saturated heterocycles. The lowest BCUT2D eigenvalue weighted by Crippen LogP contribution is -2.38. The SMILES string of the molecule is CCCCN(CC)C(=O)CCC(=O)N1CCCn2nc(C)cc21. The van der Waals surface area contributed by atoms with Crippen molar-refractivity contribution in [3.05, 3.63) is 11.8 Å². The van der Waals surface area contributed by atoms with Crippen LogP contribution in [-0.2, 0) is 16.1 Å². The maximum atomic E-state index is 12.5. The number of hydrogen-bond acceptors (Lipinski definition) is 3. The van der Waals surface area contributed by atoms with Gasteiger partial charge in [-0.05, 0) is 26.7 Å². The number of hydrogen-bond donors (Lipinski definition) is 0. The Morgan fingerprint density at radius 2 is 2.04 bits per heavy atom. The Kier molecular flexibility index (Phi) is 6.19. The van der Waals surface area contributed by atoms with Gasteiger partial charge in [-0.3, -0.25) is 14.5 Å². The first-order valence-electron chi connectivity index (χ1n) is 8.69. The minimum atomic E-state index is 0.0192. The molecule has 6 heteroatoms. The van der Waals surface area contributed by atoms with Crippen molar-refractivity contribution in [1.29, 1.82) is 0 Å². The van der Waals surface area contributed by atoms with Gasteiger partial charge >= 0.3 is 0 Å². The van der Waals surface area contributed by atoms with E-state index in [1.54, 1.807) is 4.90 Å². The second-order valence-electron chi connectivity index (χ2n) is 6.09. The van der Waals surface area contributed by atoms with Crippen molar-refractivity contribution >= 4 is 17.6 Å². The van der Waals surface area contributed by atoms with E-state index < -0.39 is 0 Å². The largest absolute Gasteiger partial charge is 0.343 e. The highest BCUT2D eigenvalue weighted by Gasteiger charge is 2.24. The molecule has 2 rings (SSSR count). The third kappa shape index (κ3) is 4.33. The molecule has 128 valence electrons. The first-order valence-corrected chi connectivity index (χ1v) is 8.69. The molecule has 1 aliphatic rings. The highest BCUT2D eigenvalue weighted by Crippen LogP contribution is 2.22. The number of carbonyl (C=O) groups excluding carboxylic acids is 2. The van der Waals surface area contributed by atoms with Gasteiger partial charge in [0, 0.05) is 45.1 Å². The van der Waals surface area contributed by atoms with E-state index in [2.05, 4.69) is 12.0 Å². The summed E-state index contributed by atoms with van der Waals surface area (Å²) in [6, 6.07) is 1.94. The molecule has 0 aromatic carbocycles. The number of aryl methyl sites for hydroxylation is 2. The minimum Gasteiger partial charge on any atom is -0.343 e. The summed E-state index contributed by atoms with van der Waals surface area (Å²) in [5.74, 6) is 0.964. The summed E-state index contributed by atoms with van der Waals surface area (Å²) in [4.78, 5) is 28.4. The van der Waals surface area contributed by atoms with Crippen molar-refractivity contribution < 1.29 is 9.59 Å². The van der Waals surface area contributed by atoms with E-state index in [1.807, 2.05) is 29.5 Å². The highest BCUT2D eigenvalue weighted by atomic mass is 16.2. The molecular formula is C17H28N4O2. The lowest BCUT2D eigenvalue weighted by atomic mass is 10.2. The molecular weight excluding hydrogens is 292 g/mol. The Morgan fingerprint density at radius 3 is 2.74 bits per heavy atom. The lowest BCUT2D eigenvalue weighted by Gasteiger charge is -2.28. The monoisotopic (exact) mass is 320 g/mol. The van der Waals surface area contributed by atoms with Crippen molar-refractivity contribution in [2.24, 2.45) is 0 Å².